The van der Waals surface area contributed by atoms with E-state index in [1.165, 1.54) is 11.6 Å². The van der Waals surface area contributed by atoms with E-state index < -0.39 is 10.0 Å². The van der Waals surface area contributed by atoms with Crippen molar-refractivity contribution in [3.63, 3.8) is 0 Å². The first-order valence-electron chi connectivity index (χ1n) is 11.1. The summed E-state index contributed by atoms with van der Waals surface area (Å²) < 4.78 is 34.4. The molecule has 2 aliphatic rings. The average molecular weight is 515 g/mol. The first-order chi connectivity index (χ1) is 16.4. The Bertz CT molecular complexity index is 1360. The Morgan fingerprint density at radius 3 is 2.62 bits per heavy atom. The van der Waals surface area contributed by atoms with Crippen LogP contribution in [0, 0.1) is 5.92 Å². The zero-order valence-electron chi connectivity index (χ0n) is 18.5. The monoisotopic (exact) mass is 514 g/mol. The van der Waals surface area contributed by atoms with Gasteiger partial charge in [-0.25, -0.2) is 8.42 Å². The van der Waals surface area contributed by atoms with Crippen LogP contribution in [-0.2, 0) is 10.0 Å². The van der Waals surface area contributed by atoms with Gasteiger partial charge < -0.3 is 10.1 Å². The Morgan fingerprint density at radius 1 is 1.06 bits per heavy atom. The number of ether oxygens (including phenoxy) is 1. The van der Waals surface area contributed by atoms with Gasteiger partial charge in [0.15, 0.2) is 0 Å². The van der Waals surface area contributed by atoms with Gasteiger partial charge in [0.25, 0.3) is 10.0 Å². The molecule has 3 atom stereocenters. The molecule has 3 aromatic rings. The minimum Gasteiger partial charge on any atom is -0.494 e. The zero-order chi connectivity index (χ0) is 23.9. The standard InChI is InChI=1S/C26H24Cl2N2O3S/c1-2-33-18-9-6-16(7-10-18)26-21-5-3-4-20(21)22-15-19(11-13-24(22)29-26)34(31,32)30-25-14-17(27)8-12-23(25)28/h3-4,6-15,20-21,26,29-30H,2,5H2,1H3/t20-,21+,26+/m0/s1. The van der Waals surface area contributed by atoms with E-state index in [1.807, 2.05) is 25.1 Å². The summed E-state index contributed by atoms with van der Waals surface area (Å²) in [6, 6.07) is 18.2. The number of halogens is 2. The van der Waals surface area contributed by atoms with Crippen molar-refractivity contribution >= 4 is 44.6 Å². The van der Waals surface area contributed by atoms with Gasteiger partial charge >= 0.3 is 0 Å². The van der Waals surface area contributed by atoms with Crippen molar-refractivity contribution in [1.82, 2.24) is 0 Å². The lowest BCUT2D eigenvalue weighted by atomic mass is 9.77. The maximum Gasteiger partial charge on any atom is 0.261 e. The lowest BCUT2D eigenvalue weighted by Crippen LogP contribution is -2.29. The maximum absolute atomic E-state index is 13.2. The van der Waals surface area contributed by atoms with E-state index in [4.69, 9.17) is 27.9 Å². The molecule has 8 heteroatoms. The van der Waals surface area contributed by atoms with Crippen molar-refractivity contribution < 1.29 is 13.2 Å². The van der Waals surface area contributed by atoms with Gasteiger partial charge in [0.2, 0.25) is 0 Å². The van der Waals surface area contributed by atoms with Gasteiger partial charge in [-0.1, -0.05) is 47.5 Å². The molecule has 1 aliphatic heterocycles. The molecule has 0 unspecified atom stereocenters. The fourth-order valence-corrected chi connectivity index (χ4v) is 6.29. The molecular formula is C26H24Cl2N2O3S. The van der Waals surface area contributed by atoms with E-state index in [0.29, 0.717) is 17.5 Å². The minimum atomic E-state index is -3.85. The third kappa shape index (κ3) is 4.38. The quantitative estimate of drug-likeness (QED) is 0.346. The molecule has 176 valence electrons. The highest BCUT2D eigenvalue weighted by atomic mass is 35.5. The molecule has 5 rings (SSSR count). The summed E-state index contributed by atoms with van der Waals surface area (Å²) in [5.74, 6) is 1.27. The van der Waals surface area contributed by atoms with Crippen LogP contribution in [0.3, 0.4) is 0 Å². The van der Waals surface area contributed by atoms with Gasteiger partial charge in [-0.05, 0) is 78.9 Å². The van der Waals surface area contributed by atoms with Crippen LogP contribution in [0.1, 0.15) is 36.4 Å². The molecule has 0 bridgehead atoms. The van der Waals surface area contributed by atoms with E-state index in [1.54, 1.807) is 24.3 Å². The molecule has 0 radical (unpaired) electrons. The first-order valence-corrected chi connectivity index (χ1v) is 13.4. The molecule has 3 aromatic carbocycles. The van der Waals surface area contributed by atoms with Crippen LogP contribution < -0.4 is 14.8 Å². The minimum absolute atomic E-state index is 0.119. The van der Waals surface area contributed by atoms with Gasteiger partial charge in [0.1, 0.15) is 5.75 Å². The number of allylic oxidation sites excluding steroid dienone is 2. The highest BCUT2D eigenvalue weighted by Gasteiger charge is 2.38. The molecule has 34 heavy (non-hydrogen) atoms. The highest BCUT2D eigenvalue weighted by molar-refractivity contribution is 7.92. The predicted molar refractivity (Wildman–Crippen MR) is 138 cm³/mol. The number of benzene rings is 3. The fourth-order valence-electron chi connectivity index (χ4n) is 4.79. The molecule has 0 saturated heterocycles. The third-order valence-electron chi connectivity index (χ3n) is 6.37. The second-order valence-corrected chi connectivity index (χ2v) is 11.0. The Hall–Kier alpha value is -2.67. The van der Waals surface area contributed by atoms with Crippen LogP contribution in [0.5, 0.6) is 5.75 Å². The van der Waals surface area contributed by atoms with Crippen LogP contribution >= 0.6 is 23.2 Å². The molecule has 0 spiro atoms. The molecule has 5 nitrogen and oxygen atoms in total. The largest absolute Gasteiger partial charge is 0.494 e. The summed E-state index contributed by atoms with van der Waals surface area (Å²) >= 11 is 12.2. The van der Waals surface area contributed by atoms with Crippen LogP contribution in [0.2, 0.25) is 10.0 Å². The molecule has 0 aromatic heterocycles. The van der Waals surface area contributed by atoms with Gasteiger partial charge in [0, 0.05) is 16.6 Å². The van der Waals surface area contributed by atoms with Crippen LogP contribution in [-0.4, -0.2) is 15.0 Å². The Kier molecular flexibility index (Phi) is 6.23. The topological polar surface area (TPSA) is 67.4 Å². The molecule has 0 saturated carbocycles. The zero-order valence-corrected chi connectivity index (χ0v) is 20.8. The van der Waals surface area contributed by atoms with Crippen LogP contribution in [0.4, 0.5) is 11.4 Å². The van der Waals surface area contributed by atoms with Gasteiger partial charge in [-0.2, -0.15) is 0 Å². The maximum atomic E-state index is 13.2. The number of nitrogens with one attached hydrogen (secondary N) is 2. The van der Waals surface area contributed by atoms with Crippen molar-refractivity contribution in [1.29, 1.82) is 0 Å². The lowest BCUT2D eigenvalue weighted by molar-refractivity contribution is 0.340. The van der Waals surface area contributed by atoms with Crippen LogP contribution in [0.15, 0.2) is 77.7 Å². The van der Waals surface area contributed by atoms with Crippen molar-refractivity contribution in [3.8, 4) is 5.75 Å². The van der Waals surface area contributed by atoms with Crippen molar-refractivity contribution in [2.45, 2.75) is 30.2 Å². The van der Waals surface area contributed by atoms with E-state index in [2.05, 4.69) is 34.3 Å². The molecular weight excluding hydrogens is 491 g/mol. The number of fused-ring (bicyclic) bond motifs is 3. The van der Waals surface area contributed by atoms with E-state index in [9.17, 15) is 8.42 Å². The molecule has 1 aliphatic carbocycles. The van der Waals surface area contributed by atoms with Gasteiger partial charge in [-0.15, -0.1) is 0 Å². The van der Waals surface area contributed by atoms with E-state index in [-0.39, 0.29) is 27.6 Å². The SMILES string of the molecule is CCOc1ccc([C@H]2Nc3ccc(S(=O)(=O)Nc4cc(Cl)ccc4Cl)cc3[C@H]3C=CC[C@H]32)cc1. The summed E-state index contributed by atoms with van der Waals surface area (Å²) in [4.78, 5) is 0.183. The average Bonchev–Trinajstić information content (AvgIpc) is 3.32. The molecule has 0 fully saturated rings. The normalized spacial score (nSPS) is 20.9. The molecule has 0 amide bonds. The number of anilines is 2. The van der Waals surface area contributed by atoms with Crippen LogP contribution in [0.25, 0.3) is 0 Å². The lowest BCUT2D eigenvalue weighted by Gasteiger charge is -2.37. The summed E-state index contributed by atoms with van der Waals surface area (Å²) in [6.45, 7) is 2.60. The Morgan fingerprint density at radius 2 is 1.85 bits per heavy atom. The fraction of sp³-hybridized carbons (Fsp3) is 0.231. The summed E-state index contributed by atoms with van der Waals surface area (Å²) in [6.07, 6.45) is 5.28. The number of hydrogen-bond acceptors (Lipinski definition) is 4. The first kappa shape index (κ1) is 23.1. The number of hydrogen-bond donors (Lipinski definition) is 2. The van der Waals surface area contributed by atoms with Crippen molar-refractivity contribution in [2.24, 2.45) is 5.92 Å². The Balaban J connectivity index is 1.46. The molecule has 2 N–H and O–H groups in total. The van der Waals surface area contributed by atoms with Crippen molar-refractivity contribution in [3.05, 3.63) is 94.0 Å². The third-order valence-corrected chi connectivity index (χ3v) is 8.30. The molecule has 1 heterocycles. The summed E-state index contributed by atoms with van der Waals surface area (Å²) in [5.41, 5.74) is 3.34. The second kappa shape index (κ2) is 9.17. The van der Waals surface area contributed by atoms with Crippen molar-refractivity contribution in [2.75, 3.05) is 16.6 Å². The van der Waals surface area contributed by atoms with Gasteiger partial charge in [0.05, 0.1) is 28.3 Å². The summed E-state index contributed by atoms with van der Waals surface area (Å²) in [5, 5.41) is 4.33. The summed E-state index contributed by atoms with van der Waals surface area (Å²) in [7, 11) is -3.85. The van der Waals surface area contributed by atoms with Gasteiger partial charge in [-0.3, -0.25) is 4.72 Å². The highest BCUT2D eigenvalue weighted by Crippen LogP contribution is 2.50. The number of rotatable bonds is 6. The van der Waals surface area contributed by atoms with E-state index in [0.717, 1.165) is 23.4 Å². The van der Waals surface area contributed by atoms with E-state index >= 15 is 0 Å². The second-order valence-electron chi connectivity index (χ2n) is 8.46. The predicted octanol–water partition coefficient (Wildman–Crippen LogP) is 7.02. The Labute approximate surface area is 209 Å². The smallest absolute Gasteiger partial charge is 0.261 e. The number of sulfonamides is 1.